The van der Waals surface area contributed by atoms with Crippen molar-refractivity contribution >= 4 is 24.0 Å². The molecule has 1 aromatic carbocycles. The van der Waals surface area contributed by atoms with Crippen LogP contribution in [0, 0.1) is 0 Å². The number of halogens is 1. The first-order valence-corrected chi connectivity index (χ1v) is 6.56. The summed E-state index contributed by atoms with van der Waals surface area (Å²) in [5, 5.41) is -0.978. The SMILES string of the molecule is CCOC(=O)[C@H](Cl)[C@@H](CCc1ccccc1)OC=O. The molecule has 0 unspecified atom stereocenters. The maximum absolute atomic E-state index is 11.5. The summed E-state index contributed by atoms with van der Waals surface area (Å²) >= 11 is 5.96. The van der Waals surface area contributed by atoms with Gasteiger partial charge < -0.3 is 9.47 Å². The summed E-state index contributed by atoms with van der Waals surface area (Å²) in [7, 11) is 0. The smallest absolute Gasteiger partial charge is 0.327 e. The van der Waals surface area contributed by atoms with Crippen LogP contribution in [0.25, 0.3) is 0 Å². The molecule has 1 aromatic rings. The van der Waals surface area contributed by atoms with Crippen LogP contribution in [0.5, 0.6) is 0 Å². The number of benzene rings is 1. The van der Waals surface area contributed by atoms with Gasteiger partial charge in [0.2, 0.25) is 0 Å². The highest BCUT2D eigenvalue weighted by Gasteiger charge is 2.28. The Labute approximate surface area is 117 Å². The van der Waals surface area contributed by atoms with Crippen LogP contribution in [0.4, 0.5) is 0 Å². The van der Waals surface area contributed by atoms with Crippen molar-refractivity contribution in [3.8, 4) is 0 Å². The lowest BCUT2D eigenvalue weighted by Gasteiger charge is -2.19. The van der Waals surface area contributed by atoms with Gasteiger partial charge in [0, 0.05) is 0 Å². The van der Waals surface area contributed by atoms with Crippen LogP contribution in [-0.4, -0.2) is 30.5 Å². The first kappa shape index (κ1) is 15.5. The van der Waals surface area contributed by atoms with Crippen LogP contribution < -0.4 is 0 Å². The highest BCUT2D eigenvalue weighted by Crippen LogP contribution is 2.15. The van der Waals surface area contributed by atoms with Gasteiger partial charge in [-0.3, -0.25) is 9.59 Å². The van der Waals surface area contributed by atoms with Gasteiger partial charge in [0.1, 0.15) is 6.10 Å². The number of hydrogen-bond acceptors (Lipinski definition) is 4. The van der Waals surface area contributed by atoms with Gasteiger partial charge in [0.05, 0.1) is 6.61 Å². The van der Waals surface area contributed by atoms with Crippen LogP contribution in [0.2, 0.25) is 0 Å². The van der Waals surface area contributed by atoms with Crippen molar-refractivity contribution in [1.29, 1.82) is 0 Å². The Kier molecular flexibility index (Phi) is 6.97. The minimum absolute atomic E-state index is 0.245. The lowest BCUT2D eigenvalue weighted by Crippen LogP contribution is -2.33. The molecule has 2 atom stereocenters. The van der Waals surface area contributed by atoms with Gasteiger partial charge in [0.25, 0.3) is 6.47 Å². The lowest BCUT2D eigenvalue weighted by atomic mass is 10.0. The summed E-state index contributed by atoms with van der Waals surface area (Å²) in [6.45, 7) is 2.25. The number of hydrogen-bond donors (Lipinski definition) is 0. The van der Waals surface area contributed by atoms with Crippen LogP contribution >= 0.6 is 11.6 Å². The summed E-state index contributed by atoms with van der Waals surface area (Å²) in [6.07, 6.45) is 0.455. The third kappa shape index (κ3) is 5.30. The van der Waals surface area contributed by atoms with E-state index in [-0.39, 0.29) is 6.61 Å². The molecule has 4 nitrogen and oxygen atoms in total. The van der Waals surface area contributed by atoms with E-state index in [2.05, 4.69) is 0 Å². The van der Waals surface area contributed by atoms with E-state index in [4.69, 9.17) is 21.1 Å². The Morgan fingerprint density at radius 3 is 2.63 bits per heavy atom. The van der Waals surface area contributed by atoms with Crippen molar-refractivity contribution in [2.24, 2.45) is 0 Å². The number of aryl methyl sites for hydroxylation is 1. The molecular weight excluding hydrogens is 268 g/mol. The normalized spacial score (nSPS) is 13.4. The fourth-order valence-electron chi connectivity index (χ4n) is 1.68. The zero-order chi connectivity index (χ0) is 14.1. The number of rotatable bonds is 8. The zero-order valence-corrected chi connectivity index (χ0v) is 11.5. The maximum Gasteiger partial charge on any atom is 0.327 e. The van der Waals surface area contributed by atoms with Gasteiger partial charge in [-0.1, -0.05) is 30.3 Å². The largest absolute Gasteiger partial charge is 0.465 e. The Balaban J connectivity index is 2.57. The third-order valence-corrected chi connectivity index (χ3v) is 3.09. The molecule has 0 aliphatic heterocycles. The predicted molar refractivity (Wildman–Crippen MR) is 72.0 cm³/mol. The fraction of sp³-hybridized carbons (Fsp3) is 0.429. The first-order chi connectivity index (χ1) is 9.19. The summed E-state index contributed by atoms with van der Waals surface area (Å²) < 4.78 is 9.70. The Morgan fingerprint density at radius 1 is 1.37 bits per heavy atom. The molecule has 0 saturated carbocycles. The predicted octanol–water partition coefficient (Wildman–Crippen LogP) is 2.33. The topological polar surface area (TPSA) is 52.6 Å². The van der Waals surface area contributed by atoms with Gasteiger partial charge in [0.15, 0.2) is 5.38 Å². The Morgan fingerprint density at radius 2 is 2.05 bits per heavy atom. The van der Waals surface area contributed by atoms with Crippen molar-refractivity contribution in [2.75, 3.05) is 6.61 Å². The summed E-state index contributed by atoms with van der Waals surface area (Å²) in [6, 6.07) is 9.70. The van der Waals surface area contributed by atoms with E-state index < -0.39 is 17.5 Å². The van der Waals surface area contributed by atoms with Crippen molar-refractivity contribution in [3.05, 3.63) is 35.9 Å². The molecular formula is C14H17ClO4. The highest BCUT2D eigenvalue weighted by molar-refractivity contribution is 6.30. The van der Waals surface area contributed by atoms with E-state index in [1.807, 2.05) is 30.3 Å². The fourth-order valence-corrected chi connectivity index (χ4v) is 1.93. The van der Waals surface area contributed by atoms with Gasteiger partial charge >= 0.3 is 5.97 Å². The number of esters is 1. The second-order valence-electron chi connectivity index (χ2n) is 3.95. The third-order valence-electron chi connectivity index (χ3n) is 2.63. The molecule has 0 aliphatic rings. The van der Waals surface area contributed by atoms with E-state index >= 15 is 0 Å². The summed E-state index contributed by atoms with van der Waals surface area (Å²) in [5.41, 5.74) is 1.09. The van der Waals surface area contributed by atoms with Gasteiger partial charge in [-0.2, -0.15) is 0 Å². The molecule has 0 aliphatic carbocycles. The molecule has 0 bridgehead atoms. The van der Waals surface area contributed by atoms with Gasteiger partial charge in [-0.15, -0.1) is 11.6 Å². The van der Waals surface area contributed by atoms with E-state index in [0.29, 0.717) is 19.3 Å². The van der Waals surface area contributed by atoms with Crippen molar-refractivity contribution in [2.45, 2.75) is 31.2 Å². The van der Waals surface area contributed by atoms with Crippen LogP contribution in [0.15, 0.2) is 30.3 Å². The van der Waals surface area contributed by atoms with Crippen molar-refractivity contribution in [1.82, 2.24) is 0 Å². The second kappa shape index (κ2) is 8.53. The van der Waals surface area contributed by atoms with Crippen LogP contribution in [0.3, 0.4) is 0 Å². The molecule has 0 amide bonds. The van der Waals surface area contributed by atoms with E-state index in [1.54, 1.807) is 6.92 Å². The zero-order valence-electron chi connectivity index (χ0n) is 10.8. The first-order valence-electron chi connectivity index (χ1n) is 6.12. The minimum atomic E-state index is -0.978. The molecule has 0 saturated heterocycles. The highest BCUT2D eigenvalue weighted by atomic mass is 35.5. The minimum Gasteiger partial charge on any atom is -0.465 e. The molecule has 1 rings (SSSR count). The molecule has 5 heteroatoms. The molecule has 0 spiro atoms. The summed E-state index contributed by atoms with van der Waals surface area (Å²) in [4.78, 5) is 22.0. The molecule has 0 fully saturated rings. The summed E-state index contributed by atoms with van der Waals surface area (Å²) in [5.74, 6) is -0.566. The van der Waals surface area contributed by atoms with Crippen LogP contribution in [-0.2, 0) is 25.5 Å². The number of carbonyl (C=O) groups excluding carboxylic acids is 2. The van der Waals surface area contributed by atoms with Gasteiger partial charge in [-0.05, 0) is 25.3 Å². The van der Waals surface area contributed by atoms with E-state index in [1.165, 1.54) is 0 Å². The molecule has 0 aromatic heterocycles. The van der Waals surface area contributed by atoms with Crippen LogP contribution in [0.1, 0.15) is 18.9 Å². The Bertz CT molecular complexity index is 394. The second-order valence-corrected chi connectivity index (χ2v) is 4.42. The quantitative estimate of drug-likeness (QED) is 0.418. The standard InChI is InChI=1S/C14H17ClO4/c1-2-18-14(17)13(15)12(19-10-16)9-8-11-6-4-3-5-7-11/h3-7,10,12-13H,2,8-9H2,1H3/t12-,13-/m1/s1. The average molecular weight is 285 g/mol. The van der Waals surface area contributed by atoms with E-state index in [0.717, 1.165) is 5.56 Å². The maximum atomic E-state index is 11.5. The average Bonchev–Trinajstić information content (AvgIpc) is 2.44. The lowest BCUT2D eigenvalue weighted by molar-refractivity contribution is -0.147. The van der Waals surface area contributed by atoms with Crippen molar-refractivity contribution in [3.63, 3.8) is 0 Å². The number of alkyl halides is 1. The Hall–Kier alpha value is -1.55. The molecule has 0 N–H and O–H groups in total. The molecule has 0 heterocycles. The number of carbonyl (C=O) groups is 2. The molecule has 0 radical (unpaired) electrons. The number of ether oxygens (including phenoxy) is 2. The van der Waals surface area contributed by atoms with E-state index in [9.17, 15) is 9.59 Å². The van der Waals surface area contributed by atoms with Gasteiger partial charge in [-0.25, -0.2) is 0 Å². The van der Waals surface area contributed by atoms with Crippen molar-refractivity contribution < 1.29 is 19.1 Å². The molecule has 19 heavy (non-hydrogen) atoms. The monoisotopic (exact) mass is 284 g/mol. The molecule has 104 valence electrons.